The minimum Gasteiger partial charge on any atom is -0.588 e. The molecule has 2 aromatic heterocycles. The van der Waals surface area contributed by atoms with E-state index in [2.05, 4.69) is 31.0 Å². The molecular weight excluding hydrogens is 382 g/mol. The Balaban J connectivity index is 1.49. The predicted octanol–water partition coefficient (Wildman–Crippen LogP) is 3.39. The number of aryl methyl sites for hydroxylation is 1. The van der Waals surface area contributed by atoms with Crippen LogP contribution in [-0.4, -0.2) is 40.7 Å². The van der Waals surface area contributed by atoms with Crippen molar-refractivity contribution in [1.82, 2.24) is 15.3 Å². The van der Waals surface area contributed by atoms with Gasteiger partial charge in [0.15, 0.2) is 4.90 Å². The molecule has 0 spiro atoms. The third-order valence-electron chi connectivity index (χ3n) is 5.02. The Morgan fingerprint density at radius 3 is 2.69 bits per heavy atom. The lowest BCUT2D eigenvalue weighted by Gasteiger charge is -2.21. The molecule has 1 fully saturated rings. The fourth-order valence-corrected chi connectivity index (χ4v) is 4.28. The van der Waals surface area contributed by atoms with Crippen molar-refractivity contribution in [2.75, 3.05) is 35.8 Å². The van der Waals surface area contributed by atoms with E-state index in [0.29, 0.717) is 0 Å². The zero-order valence-corrected chi connectivity index (χ0v) is 17.3. The second kappa shape index (κ2) is 9.26. The first kappa shape index (κ1) is 19.7. The summed E-state index contributed by atoms with van der Waals surface area (Å²) in [6.45, 7) is 5.91. The van der Waals surface area contributed by atoms with Gasteiger partial charge in [0.1, 0.15) is 22.9 Å². The summed E-state index contributed by atoms with van der Waals surface area (Å²) < 4.78 is 15.7. The topological polar surface area (TPSA) is 76.1 Å². The van der Waals surface area contributed by atoms with E-state index in [1.807, 2.05) is 55.6 Å². The number of hydrogen-bond donors (Lipinski definition) is 2. The molecule has 150 valence electrons. The molecular formula is C22H25N5OS. The van der Waals surface area contributed by atoms with Gasteiger partial charge in [-0.15, -0.1) is 0 Å². The Labute approximate surface area is 174 Å². The van der Waals surface area contributed by atoms with Gasteiger partial charge in [-0.3, -0.25) is 4.98 Å². The predicted molar refractivity (Wildman–Crippen MR) is 118 cm³/mol. The van der Waals surface area contributed by atoms with Crippen molar-refractivity contribution in [1.29, 1.82) is 0 Å². The average Bonchev–Trinajstić information content (AvgIpc) is 3.05. The van der Waals surface area contributed by atoms with Crippen molar-refractivity contribution in [3.63, 3.8) is 0 Å². The summed E-state index contributed by atoms with van der Waals surface area (Å²) in [6.07, 6.45) is 4.71. The molecule has 2 N–H and O–H groups in total. The molecule has 1 unspecified atom stereocenters. The minimum atomic E-state index is -1.34. The van der Waals surface area contributed by atoms with Gasteiger partial charge in [0.25, 0.3) is 0 Å². The van der Waals surface area contributed by atoms with E-state index in [1.165, 1.54) is 0 Å². The molecule has 1 atom stereocenters. The lowest BCUT2D eigenvalue weighted by Crippen LogP contribution is -2.28. The average molecular weight is 408 g/mol. The van der Waals surface area contributed by atoms with Crippen molar-refractivity contribution < 1.29 is 4.55 Å². The van der Waals surface area contributed by atoms with E-state index in [9.17, 15) is 4.55 Å². The summed E-state index contributed by atoms with van der Waals surface area (Å²) in [6, 6.07) is 15.7. The Morgan fingerprint density at radius 1 is 1.00 bits per heavy atom. The number of nitrogens with one attached hydrogen (secondary N) is 2. The van der Waals surface area contributed by atoms with Crippen LogP contribution in [0.1, 0.15) is 12.1 Å². The number of pyridine rings is 2. The molecule has 0 saturated carbocycles. The smallest absolute Gasteiger partial charge is 0.179 e. The molecule has 3 aromatic rings. The Hall–Kier alpha value is -2.61. The maximum Gasteiger partial charge on any atom is 0.179 e. The molecule has 0 radical (unpaired) electrons. The summed E-state index contributed by atoms with van der Waals surface area (Å²) >= 11 is -1.34. The molecule has 1 saturated heterocycles. The van der Waals surface area contributed by atoms with Crippen LogP contribution in [0.4, 0.5) is 11.5 Å². The fourth-order valence-electron chi connectivity index (χ4n) is 3.37. The standard InChI is InChI=1S/C22H25N5OS/c1-17-21(4-2-11-24-17)26-29(28)20-7-5-18(6-8-20)19-9-12-25-22(16-19)27-14-3-10-23-13-15-27/h2,4-9,11-12,16,23,26H,3,10,13-15H2,1H3. The largest absolute Gasteiger partial charge is 0.588 e. The second-order valence-electron chi connectivity index (χ2n) is 7.02. The van der Waals surface area contributed by atoms with Crippen LogP contribution in [-0.2, 0) is 11.4 Å². The van der Waals surface area contributed by atoms with Crippen molar-refractivity contribution in [3.05, 3.63) is 66.6 Å². The van der Waals surface area contributed by atoms with Gasteiger partial charge in [-0.1, -0.05) is 0 Å². The Bertz CT molecular complexity index is 942. The lowest BCUT2D eigenvalue weighted by atomic mass is 10.1. The van der Waals surface area contributed by atoms with Gasteiger partial charge < -0.3 is 14.8 Å². The Kier molecular flexibility index (Phi) is 6.29. The normalized spacial score (nSPS) is 15.6. The first-order valence-corrected chi connectivity index (χ1v) is 11.0. The summed E-state index contributed by atoms with van der Waals surface area (Å²) in [7, 11) is 0. The van der Waals surface area contributed by atoms with Gasteiger partial charge in [0.2, 0.25) is 0 Å². The van der Waals surface area contributed by atoms with E-state index in [0.717, 1.165) is 65.8 Å². The zero-order chi connectivity index (χ0) is 20.1. The van der Waals surface area contributed by atoms with E-state index >= 15 is 0 Å². The molecule has 1 aromatic carbocycles. The van der Waals surface area contributed by atoms with E-state index in [1.54, 1.807) is 6.20 Å². The summed E-state index contributed by atoms with van der Waals surface area (Å²) in [5.41, 5.74) is 3.80. The van der Waals surface area contributed by atoms with Crippen LogP contribution in [0.15, 0.2) is 65.8 Å². The van der Waals surface area contributed by atoms with Crippen LogP contribution >= 0.6 is 0 Å². The molecule has 4 rings (SSSR count). The van der Waals surface area contributed by atoms with Crippen LogP contribution in [0, 0.1) is 6.92 Å². The highest BCUT2D eigenvalue weighted by Crippen LogP contribution is 2.25. The number of benzene rings is 1. The number of rotatable bonds is 5. The fraction of sp³-hybridized carbons (Fsp3) is 0.273. The van der Waals surface area contributed by atoms with Crippen molar-refractivity contribution in [2.45, 2.75) is 18.2 Å². The molecule has 6 nitrogen and oxygen atoms in total. The van der Waals surface area contributed by atoms with E-state index in [-0.39, 0.29) is 0 Å². The molecule has 3 heterocycles. The highest BCUT2D eigenvalue weighted by Gasteiger charge is 2.15. The SMILES string of the molecule is Cc1ncccc1N[S+]([O-])c1ccc(-c2ccnc(N3CCCNCC3)c2)cc1. The second-order valence-corrected chi connectivity index (χ2v) is 8.24. The molecule has 0 aliphatic carbocycles. The molecule has 1 aliphatic rings. The third kappa shape index (κ3) is 4.87. The lowest BCUT2D eigenvalue weighted by molar-refractivity contribution is 0.600. The van der Waals surface area contributed by atoms with Gasteiger partial charge in [0.05, 0.1) is 5.69 Å². The Morgan fingerprint density at radius 2 is 1.86 bits per heavy atom. The summed E-state index contributed by atoms with van der Waals surface area (Å²) in [4.78, 5) is 11.8. The van der Waals surface area contributed by atoms with E-state index < -0.39 is 11.4 Å². The number of hydrogen-bond acceptors (Lipinski definition) is 6. The minimum absolute atomic E-state index is 0.727. The molecule has 7 heteroatoms. The quantitative estimate of drug-likeness (QED) is 0.632. The third-order valence-corrected chi connectivity index (χ3v) is 6.13. The van der Waals surface area contributed by atoms with Crippen LogP contribution in [0.5, 0.6) is 0 Å². The maximum atomic E-state index is 12.7. The van der Waals surface area contributed by atoms with E-state index in [4.69, 9.17) is 0 Å². The number of nitrogens with zero attached hydrogens (tertiary/aromatic N) is 3. The van der Waals surface area contributed by atoms with Gasteiger partial charge in [-0.2, -0.15) is 0 Å². The van der Waals surface area contributed by atoms with Gasteiger partial charge >= 0.3 is 0 Å². The van der Waals surface area contributed by atoms with Gasteiger partial charge in [-0.05, 0) is 79.5 Å². The zero-order valence-electron chi connectivity index (χ0n) is 16.5. The van der Waals surface area contributed by atoms with Crippen molar-refractivity contribution in [3.8, 4) is 11.1 Å². The van der Waals surface area contributed by atoms with Crippen LogP contribution in [0.3, 0.4) is 0 Å². The number of aromatic nitrogens is 2. The highest BCUT2D eigenvalue weighted by molar-refractivity contribution is 7.92. The van der Waals surface area contributed by atoms with Crippen LogP contribution < -0.4 is 14.9 Å². The first-order chi connectivity index (χ1) is 14.2. The highest BCUT2D eigenvalue weighted by atomic mass is 32.2. The van der Waals surface area contributed by atoms with Crippen molar-refractivity contribution in [2.24, 2.45) is 0 Å². The summed E-state index contributed by atoms with van der Waals surface area (Å²) in [5, 5.41) is 3.42. The first-order valence-electron chi connectivity index (χ1n) is 9.83. The van der Waals surface area contributed by atoms with Gasteiger partial charge in [0, 0.05) is 32.0 Å². The molecule has 1 aliphatic heterocycles. The maximum absolute atomic E-state index is 12.7. The molecule has 0 amide bonds. The summed E-state index contributed by atoms with van der Waals surface area (Å²) in [5.74, 6) is 1.01. The molecule has 29 heavy (non-hydrogen) atoms. The molecule has 0 bridgehead atoms. The van der Waals surface area contributed by atoms with Crippen LogP contribution in [0.2, 0.25) is 0 Å². The van der Waals surface area contributed by atoms with Crippen molar-refractivity contribution >= 4 is 22.9 Å². The van der Waals surface area contributed by atoms with Crippen LogP contribution in [0.25, 0.3) is 11.1 Å². The van der Waals surface area contributed by atoms with Gasteiger partial charge in [-0.25, -0.2) is 9.71 Å². The monoisotopic (exact) mass is 407 g/mol. The number of anilines is 2.